The summed E-state index contributed by atoms with van der Waals surface area (Å²) in [6.07, 6.45) is 4.16. The molecule has 0 spiro atoms. The molecule has 0 aromatic heterocycles. The first-order valence-electron chi connectivity index (χ1n) is 7.60. The van der Waals surface area contributed by atoms with Gasteiger partial charge in [0.1, 0.15) is 0 Å². The molecule has 0 bridgehead atoms. The van der Waals surface area contributed by atoms with Gasteiger partial charge in [0.2, 0.25) is 0 Å². The lowest BCUT2D eigenvalue weighted by atomic mass is 9.79. The molecule has 3 unspecified atom stereocenters. The summed E-state index contributed by atoms with van der Waals surface area (Å²) >= 11 is 0. The standard InChI is InChI=1S/C15H30N2/c1-5-13(4)17-9-7-14-10-16(12(2)3)8-6-15(14)11-17/h12-15H,5-11H2,1-4H3. The van der Waals surface area contributed by atoms with E-state index in [0.717, 1.165) is 23.9 Å². The van der Waals surface area contributed by atoms with E-state index in [0.29, 0.717) is 0 Å². The molecule has 2 heteroatoms. The third-order valence-electron chi connectivity index (χ3n) is 5.12. The SMILES string of the molecule is CCC(C)N1CCC2CN(C(C)C)CCC2C1. The van der Waals surface area contributed by atoms with Crippen LogP contribution in [0.25, 0.3) is 0 Å². The van der Waals surface area contributed by atoms with Crippen molar-refractivity contribution < 1.29 is 0 Å². The molecular weight excluding hydrogens is 208 g/mol. The summed E-state index contributed by atoms with van der Waals surface area (Å²) in [6, 6.07) is 1.53. The quantitative estimate of drug-likeness (QED) is 0.746. The number of rotatable bonds is 3. The van der Waals surface area contributed by atoms with Gasteiger partial charge in [-0.05, 0) is 65.0 Å². The van der Waals surface area contributed by atoms with E-state index in [2.05, 4.69) is 37.5 Å². The minimum absolute atomic E-state index is 0.739. The van der Waals surface area contributed by atoms with Gasteiger partial charge in [-0.2, -0.15) is 0 Å². The Morgan fingerprint density at radius 2 is 1.47 bits per heavy atom. The van der Waals surface area contributed by atoms with E-state index < -0.39 is 0 Å². The number of fused-ring (bicyclic) bond motifs is 1. The third kappa shape index (κ3) is 3.03. The summed E-state index contributed by atoms with van der Waals surface area (Å²) in [4.78, 5) is 5.41. The molecule has 2 heterocycles. The molecular formula is C15H30N2. The molecule has 0 saturated carbocycles. The Balaban J connectivity index is 1.88. The van der Waals surface area contributed by atoms with Crippen LogP contribution in [0.4, 0.5) is 0 Å². The molecule has 2 rings (SSSR count). The predicted octanol–water partition coefficient (Wildman–Crippen LogP) is 2.84. The minimum Gasteiger partial charge on any atom is -0.301 e. The fourth-order valence-electron chi connectivity index (χ4n) is 3.53. The van der Waals surface area contributed by atoms with E-state index in [1.165, 1.54) is 45.4 Å². The van der Waals surface area contributed by atoms with Crippen LogP contribution in [0.15, 0.2) is 0 Å². The first-order chi connectivity index (χ1) is 8.11. The van der Waals surface area contributed by atoms with Crippen LogP contribution >= 0.6 is 0 Å². The summed E-state index contributed by atoms with van der Waals surface area (Å²) in [5.41, 5.74) is 0. The van der Waals surface area contributed by atoms with E-state index in [1.54, 1.807) is 0 Å². The van der Waals surface area contributed by atoms with Gasteiger partial charge in [-0.1, -0.05) is 6.92 Å². The maximum Gasteiger partial charge on any atom is 0.00644 e. The molecule has 0 amide bonds. The van der Waals surface area contributed by atoms with Crippen molar-refractivity contribution in [3.05, 3.63) is 0 Å². The van der Waals surface area contributed by atoms with Gasteiger partial charge in [-0.25, -0.2) is 0 Å². The first kappa shape index (κ1) is 13.4. The van der Waals surface area contributed by atoms with Crippen molar-refractivity contribution in [2.24, 2.45) is 11.8 Å². The van der Waals surface area contributed by atoms with Crippen LogP contribution in [0.2, 0.25) is 0 Å². The Hall–Kier alpha value is -0.0800. The molecule has 2 aliphatic heterocycles. The molecule has 0 radical (unpaired) electrons. The van der Waals surface area contributed by atoms with Crippen LogP contribution in [-0.2, 0) is 0 Å². The zero-order chi connectivity index (χ0) is 12.4. The zero-order valence-electron chi connectivity index (χ0n) is 12.2. The lowest BCUT2D eigenvalue weighted by Crippen LogP contribution is -2.52. The monoisotopic (exact) mass is 238 g/mol. The summed E-state index contributed by atoms with van der Waals surface area (Å²) in [6.45, 7) is 14.8. The smallest absolute Gasteiger partial charge is 0.00644 e. The maximum atomic E-state index is 2.73. The van der Waals surface area contributed by atoms with E-state index in [9.17, 15) is 0 Å². The Kier molecular flexibility index (Phi) is 4.48. The molecule has 0 aromatic carbocycles. The first-order valence-corrected chi connectivity index (χ1v) is 7.60. The fourth-order valence-corrected chi connectivity index (χ4v) is 3.53. The van der Waals surface area contributed by atoms with E-state index in [-0.39, 0.29) is 0 Å². The summed E-state index contributed by atoms with van der Waals surface area (Å²) in [7, 11) is 0. The van der Waals surface area contributed by atoms with E-state index >= 15 is 0 Å². The highest BCUT2D eigenvalue weighted by Crippen LogP contribution is 2.32. The predicted molar refractivity (Wildman–Crippen MR) is 74.2 cm³/mol. The Morgan fingerprint density at radius 1 is 0.941 bits per heavy atom. The molecule has 2 fully saturated rings. The molecule has 0 N–H and O–H groups in total. The van der Waals surface area contributed by atoms with Crippen molar-refractivity contribution in [3.8, 4) is 0 Å². The van der Waals surface area contributed by atoms with Gasteiger partial charge >= 0.3 is 0 Å². The lowest BCUT2D eigenvalue weighted by molar-refractivity contribution is 0.0164. The summed E-state index contributed by atoms with van der Waals surface area (Å²) < 4.78 is 0. The number of nitrogens with zero attached hydrogens (tertiary/aromatic N) is 2. The van der Waals surface area contributed by atoms with Crippen LogP contribution in [0.1, 0.15) is 47.0 Å². The highest BCUT2D eigenvalue weighted by Gasteiger charge is 2.35. The van der Waals surface area contributed by atoms with Gasteiger partial charge in [0.15, 0.2) is 0 Å². The van der Waals surface area contributed by atoms with Crippen LogP contribution in [0.5, 0.6) is 0 Å². The lowest BCUT2D eigenvalue weighted by Gasteiger charge is -2.47. The Bertz CT molecular complexity index is 239. The van der Waals surface area contributed by atoms with Crippen molar-refractivity contribution in [3.63, 3.8) is 0 Å². The second-order valence-electron chi connectivity index (χ2n) is 6.44. The number of hydrogen-bond acceptors (Lipinski definition) is 2. The van der Waals surface area contributed by atoms with Crippen LogP contribution in [0.3, 0.4) is 0 Å². The number of likely N-dealkylation sites (tertiary alicyclic amines) is 2. The van der Waals surface area contributed by atoms with Crippen molar-refractivity contribution in [2.75, 3.05) is 26.2 Å². The third-order valence-corrected chi connectivity index (χ3v) is 5.12. The van der Waals surface area contributed by atoms with Gasteiger partial charge < -0.3 is 9.80 Å². The molecule has 100 valence electrons. The maximum absolute atomic E-state index is 2.73. The van der Waals surface area contributed by atoms with Crippen molar-refractivity contribution in [2.45, 2.75) is 59.0 Å². The van der Waals surface area contributed by atoms with E-state index in [4.69, 9.17) is 0 Å². The topological polar surface area (TPSA) is 6.48 Å². The van der Waals surface area contributed by atoms with Gasteiger partial charge in [0.05, 0.1) is 0 Å². The Labute approximate surface area is 107 Å². The molecule has 2 saturated heterocycles. The van der Waals surface area contributed by atoms with Crippen LogP contribution < -0.4 is 0 Å². The normalized spacial score (nSPS) is 33.7. The Morgan fingerprint density at radius 3 is 2.00 bits per heavy atom. The molecule has 0 aliphatic carbocycles. The summed E-state index contributed by atoms with van der Waals surface area (Å²) in [5.74, 6) is 1.96. The minimum atomic E-state index is 0.739. The van der Waals surface area contributed by atoms with Crippen LogP contribution in [0, 0.1) is 11.8 Å². The summed E-state index contributed by atoms with van der Waals surface area (Å²) in [5, 5.41) is 0. The fraction of sp³-hybridized carbons (Fsp3) is 1.00. The highest BCUT2D eigenvalue weighted by atomic mass is 15.2. The van der Waals surface area contributed by atoms with Crippen molar-refractivity contribution >= 4 is 0 Å². The highest BCUT2D eigenvalue weighted by molar-refractivity contribution is 4.88. The van der Waals surface area contributed by atoms with Crippen molar-refractivity contribution in [1.82, 2.24) is 9.80 Å². The molecule has 2 aliphatic rings. The molecule has 0 aromatic rings. The largest absolute Gasteiger partial charge is 0.301 e. The second kappa shape index (κ2) is 5.71. The van der Waals surface area contributed by atoms with Gasteiger partial charge in [0, 0.05) is 25.2 Å². The average Bonchev–Trinajstić information content (AvgIpc) is 2.36. The van der Waals surface area contributed by atoms with Crippen molar-refractivity contribution in [1.29, 1.82) is 0 Å². The molecule has 3 atom stereocenters. The van der Waals surface area contributed by atoms with Gasteiger partial charge in [0.25, 0.3) is 0 Å². The van der Waals surface area contributed by atoms with Gasteiger partial charge in [-0.15, -0.1) is 0 Å². The second-order valence-corrected chi connectivity index (χ2v) is 6.44. The average molecular weight is 238 g/mol. The number of piperidine rings is 2. The zero-order valence-corrected chi connectivity index (χ0v) is 12.2. The molecule has 2 nitrogen and oxygen atoms in total. The molecule has 17 heavy (non-hydrogen) atoms. The van der Waals surface area contributed by atoms with Crippen LogP contribution in [-0.4, -0.2) is 48.1 Å². The van der Waals surface area contributed by atoms with E-state index in [1.807, 2.05) is 0 Å². The number of hydrogen-bond donors (Lipinski definition) is 0. The van der Waals surface area contributed by atoms with Gasteiger partial charge in [-0.3, -0.25) is 0 Å².